The number of thiophene rings is 1. The molecule has 1 saturated heterocycles. The predicted octanol–water partition coefficient (Wildman–Crippen LogP) is 3.88. The molecule has 122 valence electrons. The van der Waals surface area contributed by atoms with Crippen molar-refractivity contribution in [3.8, 4) is 0 Å². The first-order valence-corrected chi connectivity index (χ1v) is 8.98. The lowest BCUT2D eigenvalue weighted by atomic mass is 9.93. The number of nitrogens with zero attached hydrogens (tertiary/aromatic N) is 2. The van der Waals surface area contributed by atoms with Crippen molar-refractivity contribution in [2.75, 3.05) is 27.2 Å². The van der Waals surface area contributed by atoms with Gasteiger partial charge in [-0.1, -0.05) is 41.4 Å². The fraction of sp³-hybridized carbons (Fsp3) is 0.389. The number of likely N-dealkylation sites (N-methyl/N-ethyl adjacent to an activating group) is 1. The monoisotopic (exact) mass is 348 g/mol. The zero-order valence-electron chi connectivity index (χ0n) is 13.6. The summed E-state index contributed by atoms with van der Waals surface area (Å²) in [7, 11) is 4.16. The molecule has 0 N–H and O–H groups in total. The minimum atomic E-state index is 0.0476. The Balaban J connectivity index is 1.85. The number of carbonyl (C=O) groups excluding carboxylic acids is 1. The van der Waals surface area contributed by atoms with Crippen LogP contribution < -0.4 is 0 Å². The number of likely N-dealkylation sites (tertiary alicyclic amines) is 1. The maximum atomic E-state index is 12.8. The van der Waals surface area contributed by atoms with E-state index in [4.69, 9.17) is 11.6 Å². The van der Waals surface area contributed by atoms with E-state index in [-0.39, 0.29) is 5.91 Å². The SMILES string of the molecule is Cc1ccc([C@H]2CN(C(=O)c3sccc3Cl)C[C@@H]2N(C)C)cc1. The van der Waals surface area contributed by atoms with E-state index < -0.39 is 0 Å². The molecule has 3 nitrogen and oxygen atoms in total. The van der Waals surface area contributed by atoms with Crippen LogP contribution in [0.15, 0.2) is 35.7 Å². The first kappa shape index (κ1) is 16.5. The van der Waals surface area contributed by atoms with Crippen LogP contribution in [0.2, 0.25) is 5.02 Å². The van der Waals surface area contributed by atoms with E-state index >= 15 is 0 Å². The predicted molar refractivity (Wildman–Crippen MR) is 96.6 cm³/mol. The van der Waals surface area contributed by atoms with E-state index in [1.807, 2.05) is 10.3 Å². The molecule has 3 rings (SSSR count). The molecule has 1 amide bonds. The third kappa shape index (κ3) is 3.30. The third-order valence-electron chi connectivity index (χ3n) is 4.56. The summed E-state index contributed by atoms with van der Waals surface area (Å²) in [6.45, 7) is 3.56. The highest BCUT2D eigenvalue weighted by molar-refractivity contribution is 7.12. The van der Waals surface area contributed by atoms with E-state index in [2.05, 4.69) is 50.2 Å². The zero-order valence-corrected chi connectivity index (χ0v) is 15.2. The summed E-state index contributed by atoms with van der Waals surface area (Å²) in [5.74, 6) is 0.375. The molecular weight excluding hydrogens is 328 g/mol. The molecule has 2 heterocycles. The molecule has 0 radical (unpaired) electrons. The summed E-state index contributed by atoms with van der Waals surface area (Å²) in [5.41, 5.74) is 2.55. The first-order chi connectivity index (χ1) is 11.0. The van der Waals surface area contributed by atoms with Gasteiger partial charge in [0.05, 0.1) is 5.02 Å². The Kier molecular flexibility index (Phi) is 4.76. The van der Waals surface area contributed by atoms with Crippen molar-refractivity contribution in [3.63, 3.8) is 0 Å². The quantitative estimate of drug-likeness (QED) is 0.840. The average Bonchev–Trinajstić information content (AvgIpc) is 3.14. The summed E-state index contributed by atoms with van der Waals surface area (Å²) in [4.78, 5) is 17.6. The molecule has 1 aromatic heterocycles. The molecule has 2 aromatic rings. The molecule has 5 heteroatoms. The molecule has 0 unspecified atom stereocenters. The Bertz CT molecular complexity index is 695. The minimum Gasteiger partial charge on any atom is -0.336 e. The van der Waals surface area contributed by atoms with Crippen molar-refractivity contribution in [2.45, 2.75) is 18.9 Å². The second-order valence-electron chi connectivity index (χ2n) is 6.36. The lowest BCUT2D eigenvalue weighted by Gasteiger charge is -2.25. The average molecular weight is 349 g/mol. The zero-order chi connectivity index (χ0) is 16.6. The lowest BCUT2D eigenvalue weighted by Crippen LogP contribution is -2.35. The van der Waals surface area contributed by atoms with Gasteiger partial charge in [-0.3, -0.25) is 4.79 Å². The molecule has 1 aliphatic heterocycles. The van der Waals surface area contributed by atoms with Crippen molar-refractivity contribution >= 4 is 28.8 Å². The normalized spacial score (nSPS) is 21.2. The van der Waals surface area contributed by atoms with Gasteiger partial charge < -0.3 is 9.80 Å². The number of rotatable bonds is 3. The number of amides is 1. The van der Waals surface area contributed by atoms with Gasteiger partial charge in [0.15, 0.2) is 0 Å². The molecule has 23 heavy (non-hydrogen) atoms. The standard InChI is InChI=1S/C18H21ClN2OS/c1-12-4-6-13(7-5-12)14-10-21(11-16(14)20(2)3)18(22)17-15(19)8-9-23-17/h4-9,14,16H,10-11H2,1-3H3/t14-,16+/m1/s1. The lowest BCUT2D eigenvalue weighted by molar-refractivity contribution is 0.0787. The highest BCUT2D eigenvalue weighted by Gasteiger charge is 2.38. The highest BCUT2D eigenvalue weighted by Crippen LogP contribution is 2.33. The Morgan fingerprint density at radius 2 is 1.91 bits per heavy atom. The third-order valence-corrected chi connectivity index (χ3v) is 5.89. The van der Waals surface area contributed by atoms with Gasteiger partial charge in [0.1, 0.15) is 4.88 Å². The summed E-state index contributed by atoms with van der Waals surface area (Å²) in [6.07, 6.45) is 0. The van der Waals surface area contributed by atoms with Crippen molar-refractivity contribution in [2.24, 2.45) is 0 Å². The van der Waals surface area contributed by atoms with E-state index in [0.29, 0.717) is 21.9 Å². The minimum absolute atomic E-state index is 0.0476. The number of benzene rings is 1. The van der Waals surface area contributed by atoms with Gasteiger partial charge in [-0.25, -0.2) is 0 Å². The molecule has 0 bridgehead atoms. The molecule has 0 aliphatic carbocycles. The molecule has 0 spiro atoms. The largest absolute Gasteiger partial charge is 0.336 e. The Hall–Kier alpha value is -1.36. The van der Waals surface area contributed by atoms with Crippen LogP contribution in [-0.2, 0) is 0 Å². The van der Waals surface area contributed by atoms with Crippen molar-refractivity contribution in [1.82, 2.24) is 9.80 Å². The topological polar surface area (TPSA) is 23.6 Å². The van der Waals surface area contributed by atoms with Crippen molar-refractivity contribution in [3.05, 3.63) is 56.7 Å². The van der Waals surface area contributed by atoms with Gasteiger partial charge in [-0.2, -0.15) is 0 Å². The van der Waals surface area contributed by atoms with Gasteiger partial charge in [0.2, 0.25) is 0 Å². The summed E-state index contributed by atoms with van der Waals surface area (Å²) in [6, 6.07) is 10.8. The molecule has 1 aliphatic rings. The number of hydrogen-bond acceptors (Lipinski definition) is 3. The van der Waals surface area contributed by atoms with Crippen LogP contribution in [0.4, 0.5) is 0 Å². The van der Waals surface area contributed by atoms with E-state index in [1.165, 1.54) is 22.5 Å². The van der Waals surface area contributed by atoms with Crippen LogP contribution >= 0.6 is 22.9 Å². The highest BCUT2D eigenvalue weighted by atomic mass is 35.5. The molecular formula is C18H21ClN2OS. The maximum absolute atomic E-state index is 12.8. The Morgan fingerprint density at radius 3 is 2.48 bits per heavy atom. The Morgan fingerprint density at radius 1 is 1.22 bits per heavy atom. The summed E-state index contributed by atoms with van der Waals surface area (Å²) < 4.78 is 0. The number of carbonyl (C=O) groups is 1. The van der Waals surface area contributed by atoms with Crippen LogP contribution in [0.1, 0.15) is 26.7 Å². The summed E-state index contributed by atoms with van der Waals surface area (Å²) in [5, 5.41) is 2.42. The molecule has 1 aromatic carbocycles. The van der Waals surface area contributed by atoms with E-state index in [1.54, 1.807) is 6.07 Å². The fourth-order valence-corrected chi connectivity index (χ4v) is 4.31. The molecule has 1 fully saturated rings. The van der Waals surface area contributed by atoms with Crippen molar-refractivity contribution in [1.29, 1.82) is 0 Å². The van der Waals surface area contributed by atoms with Crippen LogP contribution in [0.3, 0.4) is 0 Å². The van der Waals surface area contributed by atoms with Crippen LogP contribution in [0, 0.1) is 6.92 Å². The fourth-order valence-electron chi connectivity index (χ4n) is 3.21. The smallest absolute Gasteiger partial charge is 0.265 e. The Labute approximate surface area is 146 Å². The summed E-state index contributed by atoms with van der Waals surface area (Å²) >= 11 is 7.55. The van der Waals surface area contributed by atoms with Crippen LogP contribution in [0.5, 0.6) is 0 Å². The second kappa shape index (κ2) is 6.63. The number of hydrogen-bond donors (Lipinski definition) is 0. The second-order valence-corrected chi connectivity index (χ2v) is 7.68. The van der Waals surface area contributed by atoms with Gasteiger partial charge in [0.25, 0.3) is 5.91 Å². The number of aryl methyl sites for hydroxylation is 1. The van der Waals surface area contributed by atoms with Gasteiger partial charge >= 0.3 is 0 Å². The van der Waals surface area contributed by atoms with Gasteiger partial charge in [-0.05, 0) is 38.0 Å². The maximum Gasteiger partial charge on any atom is 0.265 e. The van der Waals surface area contributed by atoms with Crippen LogP contribution in [0.25, 0.3) is 0 Å². The molecule has 0 saturated carbocycles. The first-order valence-electron chi connectivity index (χ1n) is 7.72. The van der Waals surface area contributed by atoms with Gasteiger partial charge in [-0.15, -0.1) is 11.3 Å². The van der Waals surface area contributed by atoms with E-state index in [0.717, 1.165) is 13.1 Å². The number of halogens is 1. The van der Waals surface area contributed by atoms with Crippen LogP contribution in [-0.4, -0.2) is 48.9 Å². The van der Waals surface area contributed by atoms with Crippen molar-refractivity contribution < 1.29 is 4.79 Å². The molecule has 2 atom stereocenters. The van der Waals surface area contributed by atoms with E-state index in [9.17, 15) is 4.79 Å². The van der Waals surface area contributed by atoms with Gasteiger partial charge in [0, 0.05) is 25.0 Å².